The molecule has 13 heteroatoms. The number of rotatable bonds is 6. The highest BCUT2D eigenvalue weighted by molar-refractivity contribution is 5.99. The van der Waals surface area contributed by atoms with Gasteiger partial charge >= 0.3 is 11.9 Å². The summed E-state index contributed by atoms with van der Waals surface area (Å²) in [6, 6.07) is 13.2. The van der Waals surface area contributed by atoms with Gasteiger partial charge in [0.2, 0.25) is 5.82 Å². The molecule has 0 saturated carbocycles. The first kappa shape index (κ1) is 23.6. The molecule has 4 aromatic rings. The molecule has 0 atom stereocenters. The van der Waals surface area contributed by atoms with Gasteiger partial charge in [-0.1, -0.05) is 42.5 Å². The van der Waals surface area contributed by atoms with Crippen molar-refractivity contribution in [2.24, 2.45) is 7.05 Å². The number of tetrazole rings is 1. The van der Waals surface area contributed by atoms with E-state index in [-0.39, 0.29) is 23.8 Å². The summed E-state index contributed by atoms with van der Waals surface area (Å²) in [6.07, 6.45) is -4.55. The first-order valence-corrected chi connectivity index (χ1v) is 10.2. The third-order valence-electron chi connectivity index (χ3n) is 5.23. The Balaban J connectivity index is 1.65. The number of aromatic nitrogens is 6. The summed E-state index contributed by atoms with van der Waals surface area (Å²) in [5, 5.41) is 11.3. The number of hydrogen-bond acceptors (Lipinski definition) is 7. The van der Waals surface area contributed by atoms with Crippen LogP contribution in [0, 0.1) is 0 Å². The normalized spacial score (nSPS) is 11.5. The SMILES string of the molecule is Cn1c(=O)c(C(=O)Cn2nnc(-c3cccc(C(F)(F)F)c3)n2)c(N)n(Cc2ccccc2)c1=O. The molecule has 10 nitrogen and oxygen atoms in total. The van der Waals surface area contributed by atoms with Gasteiger partial charge < -0.3 is 5.73 Å². The van der Waals surface area contributed by atoms with Crippen LogP contribution in [0.25, 0.3) is 11.4 Å². The molecule has 0 saturated heterocycles. The molecule has 0 radical (unpaired) electrons. The van der Waals surface area contributed by atoms with Crippen LogP contribution in [0.5, 0.6) is 0 Å². The van der Waals surface area contributed by atoms with Gasteiger partial charge in [-0.3, -0.25) is 18.7 Å². The highest BCUT2D eigenvalue weighted by Crippen LogP contribution is 2.31. The predicted octanol–water partition coefficient (Wildman–Crippen LogP) is 1.73. The van der Waals surface area contributed by atoms with Crippen molar-refractivity contribution in [3.63, 3.8) is 0 Å². The Labute approximate surface area is 195 Å². The van der Waals surface area contributed by atoms with E-state index in [4.69, 9.17) is 5.73 Å². The van der Waals surface area contributed by atoms with Gasteiger partial charge in [-0.2, -0.15) is 18.0 Å². The number of nitrogen functional groups attached to an aromatic ring is 1. The lowest BCUT2D eigenvalue weighted by atomic mass is 10.1. The number of carbonyl (C=O) groups excluding carboxylic acids is 1. The number of nitrogens with two attached hydrogens (primary N) is 1. The van der Waals surface area contributed by atoms with Crippen LogP contribution in [-0.4, -0.2) is 35.1 Å². The fourth-order valence-corrected chi connectivity index (χ4v) is 3.43. The Morgan fingerprint density at radius 1 is 1.06 bits per heavy atom. The second kappa shape index (κ2) is 9.00. The lowest BCUT2D eigenvalue weighted by Crippen LogP contribution is -2.43. The Hall–Kier alpha value is -4.55. The summed E-state index contributed by atoms with van der Waals surface area (Å²) in [5.74, 6) is -1.25. The predicted molar refractivity (Wildman–Crippen MR) is 118 cm³/mol. The fourth-order valence-electron chi connectivity index (χ4n) is 3.43. The standard InChI is InChI=1S/C22H18F3N7O3/c1-30-20(34)17(18(26)31(21(30)35)11-13-6-3-2-4-7-13)16(33)12-32-28-19(27-29-32)14-8-5-9-15(10-14)22(23,24)25/h2-10H,11-12,26H2,1H3. The number of Topliss-reactive ketones (excluding diaryl/α,β-unsaturated/α-hetero) is 1. The molecule has 2 aromatic heterocycles. The van der Waals surface area contributed by atoms with E-state index in [0.717, 1.165) is 31.6 Å². The van der Waals surface area contributed by atoms with E-state index in [1.165, 1.54) is 19.2 Å². The van der Waals surface area contributed by atoms with Gasteiger partial charge in [0.1, 0.15) is 17.9 Å². The van der Waals surface area contributed by atoms with Crippen molar-refractivity contribution in [3.8, 4) is 11.4 Å². The van der Waals surface area contributed by atoms with Crippen molar-refractivity contribution in [2.45, 2.75) is 19.3 Å². The smallest absolute Gasteiger partial charge is 0.384 e. The molecular formula is C22H18F3N7O3. The lowest BCUT2D eigenvalue weighted by molar-refractivity contribution is -0.137. The molecule has 2 N–H and O–H groups in total. The zero-order valence-corrected chi connectivity index (χ0v) is 18.2. The molecule has 0 spiro atoms. The minimum absolute atomic E-state index is 0.0289. The number of alkyl halides is 3. The second-order valence-corrected chi connectivity index (χ2v) is 7.62. The van der Waals surface area contributed by atoms with Gasteiger partial charge in [-0.15, -0.1) is 10.2 Å². The summed E-state index contributed by atoms with van der Waals surface area (Å²) in [7, 11) is 1.22. The van der Waals surface area contributed by atoms with Crippen LogP contribution in [0.15, 0.2) is 64.2 Å². The van der Waals surface area contributed by atoms with Crippen LogP contribution in [0.2, 0.25) is 0 Å². The maximum Gasteiger partial charge on any atom is 0.416 e. The van der Waals surface area contributed by atoms with Gasteiger partial charge in [0.05, 0.1) is 12.1 Å². The van der Waals surface area contributed by atoms with Crippen LogP contribution in [0.3, 0.4) is 0 Å². The number of hydrogen-bond donors (Lipinski definition) is 1. The first-order valence-electron chi connectivity index (χ1n) is 10.2. The van der Waals surface area contributed by atoms with E-state index in [1.807, 2.05) is 0 Å². The maximum atomic E-state index is 13.0. The van der Waals surface area contributed by atoms with Crippen LogP contribution in [0.4, 0.5) is 19.0 Å². The van der Waals surface area contributed by atoms with E-state index >= 15 is 0 Å². The van der Waals surface area contributed by atoms with Crippen LogP contribution in [0.1, 0.15) is 21.5 Å². The Morgan fingerprint density at radius 2 is 1.77 bits per heavy atom. The third-order valence-corrected chi connectivity index (χ3v) is 5.23. The Kier molecular flexibility index (Phi) is 6.07. The molecule has 0 bridgehead atoms. The summed E-state index contributed by atoms with van der Waals surface area (Å²) in [6.45, 7) is -0.546. The fraction of sp³-hybridized carbons (Fsp3) is 0.182. The van der Waals surface area contributed by atoms with Crippen molar-refractivity contribution < 1.29 is 18.0 Å². The van der Waals surface area contributed by atoms with Gasteiger partial charge in [0, 0.05) is 12.6 Å². The molecule has 35 heavy (non-hydrogen) atoms. The molecule has 0 amide bonds. The molecular weight excluding hydrogens is 467 g/mol. The first-order chi connectivity index (χ1) is 16.6. The van der Waals surface area contributed by atoms with E-state index in [2.05, 4.69) is 15.4 Å². The van der Waals surface area contributed by atoms with E-state index in [9.17, 15) is 27.6 Å². The third kappa shape index (κ3) is 4.74. The minimum Gasteiger partial charge on any atom is -0.384 e. The molecule has 0 aliphatic heterocycles. The van der Waals surface area contributed by atoms with Crippen molar-refractivity contribution >= 4 is 11.6 Å². The van der Waals surface area contributed by atoms with Crippen LogP contribution >= 0.6 is 0 Å². The number of carbonyl (C=O) groups is 1. The van der Waals surface area contributed by atoms with E-state index < -0.39 is 40.9 Å². The monoisotopic (exact) mass is 485 g/mol. The zero-order chi connectivity index (χ0) is 25.3. The Bertz CT molecular complexity index is 1520. The van der Waals surface area contributed by atoms with Crippen molar-refractivity contribution in [2.75, 3.05) is 5.73 Å². The quantitative estimate of drug-likeness (QED) is 0.412. The average Bonchev–Trinajstić information content (AvgIpc) is 3.29. The summed E-state index contributed by atoms with van der Waals surface area (Å²) in [5.41, 5.74) is 3.93. The molecule has 0 fully saturated rings. The van der Waals surface area contributed by atoms with Gasteiger partial charge in [-0.05, 0) is 22.9 Å². The van der Waals surface area contributed by atoms with Gasteiger partial charge in [-0.25, -0.2) is 4.79 Å². The topological polar surface area (TPSA) is 131 Å². The molecule has 4 rings (SSSR count). The van der Waals surface area contributed by atoms with E-state index in [0.29, 0.717) is 0 Å². The Morgan fingerprint density at radius 3 is 2.46 bits per heavy atom. The summed E-state index contributed by atoms with van der Waals surface area (Å²) < 4.78 is 40.8. The number of halogens is 3. The summed E-state index contributed by atoms with van der Waals surface area (Å²) in [4.78, 5) is 39.1. The lowest BCUT2D eigenvalue weighted by Gasteiger charge is -2.14. The number of benzene rings is 2. The van der Waals surface area contributed by atoms with Crippen molar-refractivity contribution in [3.05, 3.63) is 92.1 Å². The minimum atomic E-state index is -4.55. The van der Waals surface area contributed by atoms with Gasteiger partial charge in [0.25, 0.3) is 5.56 Å². The molecule has 0 aliphatic rings. The maximum absolute atomic E-state index is 13.0. The second-order valence-electron chi connectivity index (χ2n) is 7.62. The highest BCUT2D eigenvalue weighted by atomic mass is 19.4. The van der Waals surface area contributed by atoms with E-state index in [1.54, 1.807) is 30.3 Å². The molecule has 2 heterocycles. The largest absolute Gasteiger partial charge is 0.416 e. The number of anilines is 1. The van der Waals surface area contributed by atoms with Gasteiger partial charge in [0.15, 0.2) is 5.78 Å². The number of nitrogens with zero attached hydrogens (tertiary/aromatic N) is 6. The highest BCUT2D eigenvalue weighted by Gasteiger charge is 2.31. The van der Waals surface area contributed by atoms with Crippen LogP contribution in [-0.2, 0) is 26.3 Å². The van der Waals surface area contributed by atoms with Crippen molar-refractivity contribution in [1.82, 2.24) is 29.3 Å². The van der Waals surface area contributed by atoms with Crippen LogP contribution < -0.4 is 17.0 Å². The zero-order valence-electron chi connectivity index (χ0n) is 18.2. The number of ketones is 1. The molecule has 0 unspecified atom stereocenters. The average molecular weight is 485 g/mol. The molecule has 0 aliphatic carbocycles. The molecule has 180 valence electrons. The molecule has 2 aromatic carbocycles. The van der Waals surface area contributed by atoms with Crippen molar-refractivity contribution in [1.29, 1.82) is 0 Å². The summed E-state index contributed by atoms with van der Waals surface area (Å²) >= 11 is 0.